The molecule has 0 fully saturated rings. The predicted octanol–water partition coefficient (Wildman–Crippen LogP) is 2.93. The van der Waals surface area contributed by atoms with Gasteiger partial charge in [0.05, 0.1) is 11.6 Å². The van der Waals surface area contributed by atoms with Gasteiger partial charge in [-0.15, -0.1) is 0 Å². The third-order valence-corrected chi connectivity index (χ3v) is 3.36. The Morgan fingerprint density at radius 3 is 2.82 bits per heavy atom. The molecule has 0 radical (unpaired) electrons. The summed E-state index contributed by atoms with van der Waals surface area (Å²) in [6, 6.07) is 6.94. The second-order valence-electron chi connectivity index (χ2n) is 3.86. The molecule has 0 saturated heterocycles. The first-order valence-electron chi connectivity index (χ1n) is 5.62. The monoisotopic (exact) mass is 252 g/mol. The van der Waals surface area contributed by atoms with Crippen molar-refractivity contribution in [3.8, 4) is 6.07 Å². The fourth-order valence-electron chi connectivity index (χ4n) is 1.54. The van der Waals surface area contributed by atoms with Crippen molar-refractivity contribution in [2.75, 3.05) is 12.0 Å². The minimum Gasteiger partial charge on any atom is -0.309 e. The number of hydrogen-bond acceptors (Lipinski definition) is 3. The molecule has 2 nitrogen and oxygen atoms in total. The zero-order valence-electron chi connectivity index (χ0n) is 10.2. The average Bonchev–Trinajstić information content (AvgIpc) is 2.35. The van der Waals surface area contributed by atoms with Crippen LogP contribution < -0.4 is 5.32 Å². The van der Waals surface area contributed by atoms with Gasteiger partial charge in [0.15, 0.2) is 0 Å². The number of rotatable bonds is 6. The first kappa shape index (κ1) is 14.0. The molecule has 17 heavy (non-hydrogen) atoms. The van der Waals surface area contributed by atoms with Gasteiger partial charge in [-0.1, -0.05) is 13.0 Å². The molecule has 0 aliphatic heterocycles. The highest BCUT2D eigenvalue weighted by atomic mass is 32.2. The molecule has 0 heterocycles. The second kappa shape index (κ2) is 7.31. The maximum Gasteiger partial charge on any atom is 0.129 e. The minimum absolute atomic E-state index is 0.310. The van der Waals surface area contributed by atoms with Crippen LogP contribution in [-0.2, 0) is 6.54 Å². The van der Waals surface area contributed by atoms with Gasteiger partial charge in [0.25, 0.3) is 0 Å². The number of hydrogen-bond donors (Lipinski definition) is 1. The molecule has 1 aromatic carbocycles. The molecule has 0 bridgehead atoms. The molecular weight excluding hydrogens is 235 g/mol. The number of nitrogens with zero attached hydrogens (tertiary/aromatic N) is 1. The summed E-state index contributed by atoms with van der Waals surface area (Å²) in [6.45, 7) is 2.62. The second-order valence-corrected chi connectivity index (χ2v) is 4.77. The third kappa shape index (κ3) is 4.37. The lowest BCUT2D eigenvalue weighted by molar-refractivity contribution is 0.522. The molecule has 0 aliphatic rings. The number of benzene rings is 1. The Bertz CT molecular complexity index is 401. The van der Waals surface area contributed by atoms with Crippen molar-refractivity contribution >= 4 is 11.8 Å². The lowest BCUT2D eigenvalue weighted by Crippen LogP contribution is -2.30. The summed E-state index contributed by atoms with van der Waals surface area (Å²) in [6.07, 6.45) is 3.09. The maximum atomic E-state index is 13.6. The van der Waals surface area contributed by atoms with Crippen LogP contribution in [0.5, 0.6) is 0 Å². The van der Waals surface area contributed by atoms with E-state index in [0.29, 0.717) is 23.7 Å². The van der Waals surface area contributed by atoms with Crippen molar-refractivity contribution in [2.24, 2.45) is 0 Å². The van der Waals surface area contributed by atoms with Crippen molar-refractivity contribution in [1.82, 2.24) is 5.32 Å². The van der Waals surface area contributed by atoms with Gasteiger partial charge in [-0.25, -0.2) is 4.39 Å². The van der Waals surface area contributed by atoms with Crippen molar-refractivity contribution in [3.63, 3.8) is 0 Å². The van der Waals surface area contributed by atoms with Gasteiger partial charge in [-0.2, -0.15) is 17.0 Å². The van der Waals surface area contributed by atoms with Crippen LogP contribution in [0.15, 0.2) is 18.2 Å². The first-order chi connectivity index (χ1) is 8.21. The minimum atomic E-state index is -0.310. The Kier molecular flexibility index (Phi) is 6.03. The number of nitrogens with one attached hydrogen (secondary N) is 1. The molecule has 1 aromatic rings. The van der Waals surface area contributed by atoms with E-state index in [2.05, 4.69) is 18.5 Å². The van der Waals surface area contributed by atoms with E-state index in [-0.39, 0.29) is 5.82 Å². The van der Waals surface area contributed by atoms with Crippen LogP contribution >= 0.6 is 11.8 Å². The van der Waals surface area contributed by atoms with Crippen LogP contribution in [0.4, 0.5) is 4.39 Å². The molecule has 1 N–H and O–H groups in total. The van der Waals surface area contributed by atoms with Gasteiger partial charge in [0.1, 0.15) is 5.82 Å². The standard InChI is InChI=1S/C13H17FN2S/c1-3-12(9-17-2)16-8-11-5-4-10(7-15)6-13(11)14/h4-6,12,16H,3,8-9H2,1-2H3. The highest BCUT2D eigenvalue weighted by Gasteiger charge is 2.07. The van der Waals surface area contributed by atoms with E-state index in [4.69, 9.17) is 5.26 Å². The first-order valence-corrected chi connectivity index (χ1v) is 7.01. The summed E-state index contributed by atoms with van der Waals surface area (Å²) in [5.41, 5.74) is 0.978. The van der Waals surface area contributed by atoms with Gasteiger partial charge in [-0.05, 0) is 24.8 Å². The van der Waals surface area contributed by atoms with Crippen LogP contribution in [-0.4, -0.2) is 18.1 Å². The smallest absolute Gasteiger partial charge is 0.129 e. The Morgan fingerprint density at radius 2 is 2.29 bits per heavy atom. The van der Waals surface area contributed by atoms with Crippen LogP contribution in [0.1, 0.15) is 24.5 Å². The molecule has 4 heteroatoms. The number of thioether (sulfide) groups is 1. The zero-order valence-corrected chi connectivity index (χ0v) is 11.0. The molecule has 0 aromatic heterocycles. The average molecular weight is 252 g/mol. The Morgan fingerprint density at radius 1 is 1.53 bits per heavy atom. The molecule has 92 valence electrons. The predicted molar refractivity (Wildman–Crippen MR) is 70.4 cm³/mol. The maximum absolute atomic E-state index is 13.6. The SMILES string of the molecule is CCC(CSC)NCc1ccc(C#N)cc1F. The molecule has 1 rings (SSSR count). The molecule has 1 atom stereocenters. The summed E-state index contributed by atoms with van der Waals surface area (Å²) < 4.78 is 13.6. The van der Waals surface area contributed by atoms with E-state index >= 15 is 0 Å². The fraction of sp³-hybridized carbons (Fsp3) is 0.462. The Hall–Kier alpha value is -1.05. The van der Waals surface area contributed by atoms with Gasteiger partial charge < -0.3 is 5.32 Å². The van der Waals surface area contributed by atoms with E-state index in [1.165, 1.54) is 6.07 Å². The summed E-state index contributed by atoms with van der Waals surface area (Å²) in [5.74, 6) is 0.713. The Labute approximate surface area is 106 Å². The number of halogens is 1. The molecule has 0 spiro atoms. The largest absolute Gasteiger partial charge is 0.309 e. The summed E-state index contributed by atoms with van der Waals surface area (Å²) >= 11 is 1.78. The Balaban J connectivity index is 2.60. The van der Waals surface area contributed by atoms with Crippen LogP contribution in [0.25, 0.3) is 0 Å². The van der Waals surface area contributed by atoms with E-state index in [0.717, 1.165) is 12.2 Å². The number of nitriles is 1. The molecule has 0 amide bonds. The van der Waals surface area contributed by atoms with E-state index in [1.54, 1.807) is 23.9 Å². The van der Waals surface area contributed by atoms with E-state index in [9.17, 15) is 4.39 Å². The molecular formula is C13H17FN2S. The summed E-state index contributed by atoms with van der Waals surface area (Å²) in [5, 5.41) is 12.0. The topological polar surface area (TPSA) is 35.8 Å². The van der Waals surface area contributed by atoms with Crippen LogP contribution in [0.3, 0.4) is 0 Å². The van der Waals surface area contributed by atoms with Crippen molar-refractivity contribution in [1.29, 1.82) is 5.26 Å². The zero-order chi connectivity index (χ0) is 12.7. The van der Waals surface area contributed by atoms with Crippen molar-refractivity contribution in [3.05, 3.63) is 35.1 Å². The van der Waals surface area contributed by atoms with Crippen molar-refractivity contribution < 1.29 is 4.39 Å². The summed E-state index contributed by atoms with van der Waals surface area (Å²) in [7, 11) is 0. The quantitative estimate of drug-likeness (QED) is 0.845. The van der Waals surface area contributed by atoms with Gasteiger partial charge in [0, 0.05) is 23.9 Å². The third-order valence-electron chi connectivity index (χ3n) is 2.62. The van der Waals surface area contributed by atoms with Gasteiger partial charge >= 0.3 is 0 Å². The van der Waals surface area contributed by atoms with E-state index < -0.39 is 0 Å². The summed E-state index contributed by atoms with van der Waals surface area (Å²) in [4.78, 5) is 0. The molecule has 0 saturated carbocycles. The van der Waals surface area contributed by atoms with Crippen molar-refractivity contribution in [2.45, 2.75) is 25.9 Å². The lowest BCUT2D eigenvalue weighted by atomic mass is 10.1. The highest BCUT2D eigenvalue weighted by molar-refractivity contribution is 7.98. The normalized spacial score (nSPS) is 12.1. The van der Waals surface area contributed by atoms with Gasteiger partial charge in [0.2, 0.25) is 0 Å². The van der Waals surface area contributed by atoms with Gasteiger partial charge in [-0.3, -0.25) is 0 Å². The van der Waals surface area contributed by atoms with Crippen LogP contribution in [0, 0.1) is 17.1 Å². The molecule has 0 aliphatic carbocycles. The fourth-order valence-corrected chi connectivity index (χ4v) is 2.29. The highest BCUT2D eigenvalue weighted by Crippen LogP contribution is 2.11. The van der Waals surface area contributed by atoms with E-state index in [1.807, 2.05) is 6.07 Å². The lowest BCUT2D eigenvalue weighted by Gasteiger charge is -2.15. The molecule has 1 unspecified atom stereocenters. The van der Waals surface area contributed by atoms with Crippen LogP contribution in [0.2, 0.25) is 0 Å².